The van der Waals surface area contributed by atoms with Crippen molar-refractivity contribution >= 4 is 11.8 Å². The van der Waals surface area contributed by atoms with E-state index in [0.717, 1.165) is 11.3 Å². The highest BCUT2D eigenvalue weighted by Gasteiger charge is 2.28. The number of hydrogen-bond acceptors (Lipinski definition) is 3. The van der Waals surface area contributed by atoms with Crippen molar-refractivity contribution in [2.75, 3.05) is 26.2 Å². The largest absolute Gasteiger partial charge is 0.466 e. The van der Waals surface area contributed by atoms with Gasteiger partial charge in [-0.1, -0.05) is 18.2 Å². The third-order valence-electron chi connectivity index (χ3n) is 4.65. The molecule has 2 amide bonds. The predicted octanol–water partition coefficient (Wildman–Crippen LogP) is 2.80. The van der Waals surface area contributed by atoms with Crippen molar-refractivity contribution in [3.63, 3.8) is 0 Å². The van der Waals surface area contributed by atoms with Crippen molar-refractivity contribution in [2.45, 2.75) is 20.8 Å². The first-order chi connectivity index (χ1) is 11.5. The third-order valence-corrected chi connectivity index (χ3v) is 4.65. The molecule has 0 radical (unpaired) electrons. The van der Waals surface area contributed by atoms with Crippen LogP contribution in [0.15, 0.2) is 34.7 Å². The van der Waals surface area contributed by atoms with Crippen LogP contribution in [0.3, 0.4) is 0 Å². The zero-order valence-electron chi connectivity index (χ0n) is 14.3. The molecule has 1 aromatic heterocycles. The van der Waals surface area contributed by atoms with E-state index in [0.29, 0.717) is 43.1 Å². The van der Waals surface area contributed by atoms with Crippen LogP contribution in [0.25, 0.3) is 0 Å². The molecule has 1 saturated heterocycles. The standard InChI is InChI=1S/C19H22N2O3/c1-13-14(2)24-15(3)17(13)19(23)21-11-9-20(10-12-21)18(22)16-7-5-4-6-8-16/h4-8H,9-12H2,1-3H3. The molecule has 5 nitrogen and oxygen atoms in total. The fraction of sp³-hybridized carbons (Fsp3) is 0.368. The number of furan rings is 1. The minimum Gasteiger partial charge on any atom is -0.466 e. The Morgan fingerprint density at radius 1 is 0.833 bits per heavy atom. The molecule has 0 aliphatic carbocycles. The van der Waals surface area contributed by atoms with Crippen LogP contribution in [0.2, 0.25) is 0 Å². The zero-order valence-corrected chi connectivity index (χ0v) is 14.3. The first kappa shape index (κ1) is 16.3. The quantitative estimate of drug-likeness (QED) is 0.853. The maximum Gasteiger partial charge on any atom is 0.257 e. The van der Waals surface area contributed by atoms with E-state index in [4.69, 9.17) is 4.42 Å². The highest BCUT2D eigenvalue weighted by atomic mass is 16.3. The van der Waals surface area contributed by atoms with Gasteiger partial charge in [-0.15, -0.1) is 0 Å². The lowest BCUT2D eigenvalue weighted by Gasteiger charge is -2.35. The Hall–Kier alpha value is -2.56. The van der Waals surface area contributed by atoms with Gasteiger partial charge in [0.15, 0.2) is 0 Å². The fourth-order valence-electron chi connectivity index (χ4n) is 3.14. The predicted molar refractivity (Wildman–Crippen MR) is 91.2 cm³/mol. The van der Waals surface area contributed by atoms with E-state index in [-0.39, 0.29) is 11.8 Å². The zero-order chi connectivity index (χ0) is 17.3. The van der Waals surface area contributed by atoms with Crippen molar-refractivity contribution in [1.82, 2.24) is 9.80 Å². The summed E-state index contributed by atoms with van der Waals surface area (Å²) in [7, 11) is 0. The van der Waals surface area contributed by atoms with Crippen molar-refractivity contribution in [2.24, 2.45) is 0 Å². The average molecular weight is 326 g/mol. The first-order valence-corrected chi connectivity index (χ1v) is 8.19. The number of carbonyl (C=O) groups is 2. The van der Waals surface area contributed by atoms with E-state index in [1.54, 1.807) is 9.80 Å². The van der Waals surface area contributed by atoms with E-state index in [1.807, 2.05) is 51.1 Å². The van der Waals surface area contributed by atoms with Gasteiger partial charge in [-0.25, -0.2) is 0 Å². The lowest BCUT2D eigenvalue weighted by molar-refractivity contribution is 0.0534. The second-order valence-electron chi connectivity index (χ2n) is 6.16. The lowest BCUT2D eigenvalue weighted by Crippen LogP contribution is -2.50. The SMILES string of the molecule is Cc1oc(C)c(C(=O)N2CCN(C(=O)c3ccccc3)CC2)c1C. The summed E-state index contributed by atoms with van der Waals surface area (Å²) in [6.45, 7) is 7.79. The molecule has 0 atom stereocenters. The molecule has 1 aromatic carbocycles. The Morgan fingerprint density at radius 3 is 1.88 bits per heavy atom. The lowest BCUT2D eigenvalue weighted by atomic mass is 10.1. The Labute approximate surface area is 141 Å². The third kappa shape index (κ3) is 2.94. The van der Waals surface area contributed by atoms with Gasteiger partial charge in [0, 0.05) is 37.3 Å². The summed E-state index contributed by atoms with van der Waals surface area (Å²) in [4.78, 5) is 28.8. The number of aryl methyl sites for hydroxylation is 2. The molecule has 0 spiro atoms. The van der Waals surface area contributed by atoms with Crippen LogP contribution in [0, 0.1) is 20.8 Å². The minimum atomic E-state index is -0.00587. The van der Waals surface area contributed by atoms with Crippen LogP contribution in [-0.4, -0.2) is 47.8 Å². The average Bonchev–Trinajstić information content (AvgIpc) is 2.87. The van der Waals surface area contributed by atoms with Gasteiger partial charge in [0.2, 0.25) is 0 Å². The van der Waals surface area contributed by atoms with E-state index >= 15 is 0 Å². The van der Waals surface area contributed by atoms with Gasteiger partial charge < -0.3 is 14.2 Å². The number of benzene rings is 1. The number of nitrogens with zero attached hydrogens (tertiary/aromatic N) is 2. The van der Waals surface area contributed by atoms with E-state index < -0.39 is 0 Å². The monoisotopic (exact) mass is 326 g/mol. The molecule has 5 heteroatoms. The second kappa shape index (κ2) is 6.51. The molecule has 1 aliphatic rings. The van der Waals surface area contributed by atoms with Crippen LogP contribution >= 0.6 is 0 Å². The van der Waals surface area contributed by atoms with Gasteiger partial charge in [-0.05, 0) is 32.9 Å². The molecule has 24 heavy (non-hydrogen) atoms. The molecule has 2 aromatic rings. The highest BCUT2D eigenvalue weighted by molar-refractivity contribution is 5.97. The molecule has 0 bridgehead atoms. The molecule has 2 heterocycles. The van der Waals surface area contributed by atoms with Crippen LogP contribution in [0.1, 0.15) is 37.8 Å². The molecule has 0 unspecified atom stereocenters. The fourth-order valence-corrected chi connectivity index (χ4v) is 3.14. The number of piperazine rings is 1. The Morgan fingerprint density at radius 2 is 1.38 bits per heavy atom. The maximum absolute atomic E-state index is 12.8. The molecular weight excluding hydrogens is 304 g/mol. The van der Waals surface area contributed by atoms with Gasteiger partial charge in [-0.2, -0.15) is 0 Å². The van der Waals surface area contributed by atoms with Crippen LogP contribution in [-0.2, 0) is 0 Å². The molecule has 0 N–H and O–H groups in total. The van der Waals surface area contributed by atoms with Gasteiger partial charge in [0.05, 0.1) is 5.56 Å². The first-order valence-electron chi connectivity index (χ1n) is 8.19. The van der Waals surface area contributed by atoms with Gasteiger partial charge in [-0.3, -0.25) is 9.59 Å². The smallest absolute Gasteiger partial charge is 0.257 e. The number of amides is 2. The van der Waals surface area contributed by atoms with Crippen LogP contribution < -0.4 is 0 Å². The summed E-state index contributed by atoms with van der Waals surface area (Å²) >= 11 is 0. The summed E-state index contributed by atoms with van der Waals surface area (Å²) in [5, 5.41) is 0. The van der Waals surface area contributed by atoms with Crippen LogP contribution in [0.5, 0.6) is 0 Å². The highest BCUT2D eigenvalue weighted by Crippen LogP contribution is 2.23. The molecule has 1 fully saturated rings. The van der Waals surface area contributed by atoms with Crippen LogP contribution in [0.4, 0.5) is 0 Å². The van der Waals surface area contributed by atoms with Gasteiger partial charge in [0.25, 0.3) is 11.8 Å². The van der Waals surface area contributed by atoms with Crippen molar-refractivity contribution in [3.8, 4) is 0 Å². The summed E-state index contributed by atoms with van der Waals surface area (Å²) in [5.74, 6) is 1.47. The molecule has 3 rings (SSSR count). The summed E-state index contributed by atoms with van der Waals surface area (Å²) < 4.78 is 5.56. The van der Waals surface area contributed by atoms with Gasteiger partial charge >= 0.3 is 0 Å². The van der Waals surface area contributed by atoms with E-state index in [1.165, 1.54) is 0 Å². The number of rotatable bonds is 2. The van der Waals surface area contributed by atoms with E-state index in [9.17, 15) is 9.59 Å². The molecule has 126 valence electrons. The summed E-state index contributed by atoms with van der Waals surface area (Å²) in [5.41, 5.74) is 2.25. The van der Waals surface area contributed by atoms with E-state index in [2.05, 4.69) is 0 Å². The molecular formula is C19H22N2O3. The Kier molecular flexibility index (Phi) is 4.42. The topological polar surface area (TPSA) is 53.8 Å². The minimum absolute atomic E-state index is 0.00587. The Balaban J connectivity index is 1.67. The van der Waals surface area contributed by atoms with Crippen molar-refractivity contribution < 1.29 is 14.0 Å². The molecule has 1 aliphatic heterocycles. The number of carbonyl (C=O) groups excluding carboxylic acids is 2. The summed E-state index contributed by atoms with van der Waals surface area (Å²) in [6.07, 6.45) is 0. The van der Waals surface area contributed by atoms with Crippen molar-refractivity contribution in [1.29, 1.82) is 0 Å². The second-order valence-corrected chi connectivity index (χ2v) is 6.16. The maximum atomic E-state index is 12.8. The number of hydrogen-bond donors (Lipinski definition) is 0. The van der Waals surface area contributed by atoms with Crippen molar-refractivity contribution in [3.05, 3.63) is 58.5 Å². The molecule has 0 saturated carbocycles. The Bertz CT molecular complexity index is 756. The van der Waals surface area contributed by atoms with Gasteiger partial charge in [0.1, 0.15) is 11.5 Å². The summed E-state index contributed by atoms with van der Waals surface area (Å²) in [6, 6.07) is 9.26. The normalized spacial score (nSPS) is 14.8.